The lowest BCUT2D eigenvalue weighted by atomic mass is 9.99. The molecule has 1 aromatic heterocycles. The van der Waals surface area contributed by atoms with Crippen LogP contribution in [-0.2, 0) is 14.3 Å². The first-order chi connectivity index (χ1) is 7.09. The average Bonchev–Trinajstić information content (AvgIpc) is 2.95. The van der Waals surface area contributed by atoms with Crippen LogP contribution in [0.1, 0.15) is 11.7 Å². The molecule has 0 radical (unpaired) electrons. The molecule has 78 valence electrons. The van der Waals surface area contributed by atoms with Gasteiger partial charge in [-0.15, -0.1) is 0 Å². The van der Waals surface area contributed by atoms with Gasteiger partial charge in [0.15, 0.2) is 0 Å². The third-order valence-electron chi connectivity index (χ3n) is 2.34. The fourth-order valence-electron chi connectivity index (χ4n) is 1.48. The summed E-state index contributed by atoms with van der Waals surface area (Å²) in [6.07, 6.45) is 2.36. The quantitative estimate of drug-likeness (QED) is 0.482. The number of carbonyl (C=O) groups is 2. The molecule has 0 bridgehead atoms. The Morgan fingerprint density at radius 3 is 2.47 bits per heavy atom. The minimum absolute atomic E-state index is 0.607. The summed E-state index contributed by atoms with van der Waals surface area (Å²) in [5.74, 6) is -1.74. The molecule has 1 saturated heterocycles. The fraction of sp³-hybridized carbons (Fsp3) is 0.222. The van der Waals surface area contributed by atoms with Crippen LogP contribution in [-0.4, -0.2) is 22.4 Å². The van der Waals surface area contributed by atoms with Gasteiger partial charge in [0.05, 0.1) is 0 Å². The van der Waals surface area contributed by atoms with E-state index in [9.17, 15) is 9.59 Å². The van der Waals surface area contributed by atoms with Crippen LogP contribution in [0.4, 0.5) is 0 Å². The van der Waals surface area contributed by atoms with E-state index in [2.05, 4.69) is 4.98 Å². The smallest absolute Gasteiger partial charge is 0.262 e. The zero-order valence-corrected chi connectivity index (χ0v) is 7.71. The van der Waals surface area contributed by atoms with Crippen molar-refractivity contribution < 1.29 is 14.3 Å². The molecule has 0 saturated carbocycles. The maximum Gasteiger partial charge on any atom is 0.262 e. The molecule has 15 heavy (non-hydrogen) atoms. The van der Waals surface area contributed by atoms with E-state index in [1.807, 2.05) is 0 Å². The Morgan fingerprint density at radius 2 is 2.07 bits per heavy atom. The van der Waals surface area contributed by atoms with Crippen molar-refractivity contribution in [1.82, 2.24) is 4.98 Å². The number of pyridine rings is 1. The van der Waals surface area contributed by atoms with Crippen LogP contribution in [0, 0.1) is 0 Å². The molecule has 1 atom stereocenters. The number of aromatic nitrogens is 1. The number of epoxide rings is 1. The van der Waals surface area contributed by atoms with Crippen molar-refractivity contribution in [2.45, 2.75) is 11.7 Å². The van der Waals surface area contributed by atoms with Gasteiger partial charge in [-0.1, -0.05) is 6.07 Å². The number of hydrogen-bond donors (Lipinski definition) is 2. The van der Waals surface area contributed by atoms with Gasteiger partial charge in [0.2, 0.25) is 0 Å². The van der Waals surface area contributed by atoms with E-state index < -0.39 is 23.5 Å². The minimum atomic E-state index is -1.69. The van der Waals surface area contributed by atoms with E-state index in [4.69, 9.17) is 16.2 Å². The molecule has 1 aliphatic heterocycles. The van der Waals surface area contributed by atoms with Crippen LogP contribution in [0.15, 0.2) is 24.5 Å². The second-order valence-electron chi connectivity index (χ2n) is 3.25. The molecule has 0 unspecified atom stereocenters. The highest BCUT2D eigenvalue weighted by Crippen LogP contribution is 2.48. The predicted molar refractivity (Wildman–Crippen MR) is 49.2 cm³/mol. The third-order valence-corrected chi connectivity index (χ3v) is 2.34. The fourth-order valence-corrected chi connectivity index (χ4v) is 1.48. The number of hydrogen-bond acceptors (Lipinski definition) is 4. The molecular weight excluding hydrogens is 198 g/mol. The predicted octanol–water partition coefficient (Wildman–Crippen LogP) is -1.14. The number of nitrogens with zero attached hydrogens (tertiary/aromatic N) is 1. The lowest BCUT2D eigenvalue weighted by Gasteiger charge is -2.02. The van der Waals surface area contributed by atoms with Gasteiger partial charge in [-0.25, -0.2) is 0 Å². The minimum Gasteiger partial charge on any atom is -0.367 e. The van der Waals surface area contributed by atoms with Crippen molar-refractivity contribution in [2.75, 3.05) is 0 Å². The number of primary amides is 2. The Kier molecular flexibility index (Phi) is 1.94. The standard InChI is InChI=1S/C9H9N3O3/c10-7(13)9(8(11)14)6(15-9)5-2-1-3-12-4-5/h1-4,6H,(H2,10,13)(H2,11,14)/t6-/m1/s1. The van der Waals surface area contributed by atoms with Crippen molar-refractivity contribution >= 4 is 11.8 Å². The largest absolute Gasteiger partial charge is 0.367 e. The summed E-state index contributed by atoms with van der Waals surface area (Å²) >= 11 is 0. The molecule has 0 aliphatic carbocycles. The Morgan fingerprint density at radius 1 is 1.40 bits per heavy atom. The van der Waals surface area contributed by atoms with E-state index in [1.165, 1.54) is 6.20 Å². The van der Waals surface area contributed by atoms with Gasteiger partial charge in [-0.3, -0.25) is 14.6 Å². The second-order valence-corrected chi connectivity index (χ2v) is 3.25. The Bertz CT molecular complexity index is 404. The summed E-state index contributed by atoms with van der Waals surface area (Å²) in [5.41, 5.74) is 9.07. The molecule has 1 aromatic rings. The molecule has 2 rings (SSSR count). The first kappa shape index (κ1) is 9.60. The Hall–Kier alpha value is -1.95. The van der Waals surface area contributed by atoms with Gasteiger partial charge in [0.25, 0.3) is 17.4 Å². The number of rotatable bonds is 3. The molecule has 2 amide bonds. The van der Waals surface area contributed by atoms with E-state index in [0.717, 1.165) is 0 Å². The maximum atomic E-state index is 11.1. The highest BCUT2D eigenvalue weighted by molar-refractivity contribution is 6.10. The monoisotopic (exact) mass is 207 g/mol. The molecule has 1 fully saturated rings. The van der Waals surface area contributed by atoms with Gasteiger partial charge < -0.3 is 16.2 Å². The molecule has 2 heterocycles. The molecule has 6 heteroatoms. The average molecular weight is 207 g/mol. The van der Waals surface area contributed by atoms with Crippen molar-refractivity contribution in [3.8, 4) is 0 Å². The number of nitrogens with two attached hydrogens (primary N) is 2. The van der Waals surface area contributed by atoms with Crippen LogP contribution >= 0.6 is 0 Å². The SMILES string of the molecule is NC(=O)C1(C(N)=O)O[C@@H]1c1cccnc1. The maximum absolute atomic E-state index is 11.1. The Labute approximate surface area is 85.2 Å². The van der Waals surface area contributed by atoms with Crippen LogP contribution < -0.4 is 11.5 Å². The van der Waals surface area contributed by atoms with Crippen LogP contribution in [0.25, 0.3) is 0 Å². The first-order valence-corrected chi connectivity index (χ1v) is 4.26. The number of ether oxygens (including phenoxy) is 1. The van der Waals surface area contributed by atoms with E-state index in [0.29, 0.717) is 5.56 Å². The molecule has 4 N–H and O–H groups in total. The number of amides is 2. The van der Waals surface area contributed by atoms with Gasteiger partial charge in [-0.05, 0) is 6.07 Å². The van der Waals surface area contributed by atoms with E-state index >= 15 is 0 Å². The first-order valence-electron chi connectivity index (χ1n) is 4.26. The summed E-state index contributed by atoms with van der Waals surface area (Å²) in [4.78, 5) is 26.0. The zero-order valence-electron chi connectivity index (χ0n) is 7.71. The second kappa shape index (κ2) is 3.03. The van der Waals surface area contributed by atoms with Gasteiger partial charge in [-0.2, -0.15) is 0 Å². The summed E-state index contributed by atoms with van der Waals surface area (Å²) in [6.45, 7) is 0. The van der Waals surface area contributed by atoms with Crippen LogP contribution in [0.5, 0.6) is 0 Å². The summed E-state index contributed by atoms with van der Waals surface area (Å²) in [5, 5.41) is 0. The van der Waals surface area contributed by atoms with Crippen LogP contribution in [0.2, 0.25) is 0 Å². The summed E-state index contributed by atoms with van der Waals surface area (Å²) in [6, 6.07) is 3.36. The molecule has 0 spiro atoms. The molecule has 6 nitrogen and oxygen atoms in total. The molecule has 1 aliphatic rings. The van der Waals surface area contributed by atoms with E-state index in [1.54, 1.807) is 18.3 Å². The van der Waals surface area contributed by atoms with Crippen molar-refractivity contribution in [1.29, 1.82) is 0 Å². The lowest BCUT2D eigenvalue weighted by molar-refractivity contribution is -0.133. The van der Waals surface area contributed by atoms with Gasteiger partial charge >= 0.3 is 0 Å². The number of carbonyl (C=O) groups excluding carboxylic acids is 2. The lowest BCUT2D eigenvalue weighted by Crippen LogP contribution is -2.44. The normalized spacial score (nSPS) is 22.0. The van der Waals surface area contributed by atoms with Gasteiger partial charge in [0, 0.05) is 18.0 Å². The van der Waals surface area contributed by atoms with Crippen molar-refractivity contribution in [2.24, 2.45) is 11.5 Å². The molecular formula is C9H9N3O3. The highest BCUT2D eigenvalue weighted by Gasteiger charge is 2.67. The zero-order chi connectivity index (χ0) is 11.1. The summed E-state index contributed by atoms with van der Waals surface area (Å²) in [7, 11) is 0. The molecule has 0 aromatic carbocycles. The van der Waals surface area contributed by atoms with Crippen molar-refractivity contribution in [3.63, 3.8) is 0 Å². The van der Waals surface area contributed by atoms with Crippen molar-refractivity contribution in [3.05, 3.63) is 30.1 Å². The Balaban J connectivity index is 2.31. The van der Waals surface area contributed by atoms with E-state index in [-0.39, 0.29) is 0 Å². The van der Waals surface area contributed by atoms with Crippen LogP contribution in [0.3, 0.4) is 0 Å². The third kappa shape index (κ3) is 1.26. The van der Waals surface area contributed by atoms with Gasteiger partial charge in [0.1, 0.15) is 6.10 Å². The highest BCUT2D eigenvalue weighted by atomic mass is 16.6. The summed E-state index contributed by atoms with van der Waals surface area (Å²) < 4.78 is 5.02. The topological polar surface area (TPSA) is 112 Å².